The highest BCUT2D eigenvalue weighted by atomic mass is 16.5. The minimum atomic E-state index is -1.01. The number of nitrogens with zero attached hydrogens (tertiary/aromatic N) is 2. The third kappa shape index (κ3) is 3.22. The van der Waals surface area contributed by atoms with Crippen LogP contribution in [0.2, 0.25) is 0 Å². The lowest BCUT2D eigenvalue weighted by molar-refractivity contribution is 0.0689. The molecule has 1 saturated heterocycles. The Kier molecular flexibility index (Phi) is 4.34. The van der Waals surface area contributed by atoms with Crippen LogP contribution in [0.4, 0.5) is 0 Å². The van der Waals surface area contributed by atoms with Gasteiger partial charge in [0.1, 0.15) is 5.75 Å². The quantitative estimate of drug-likeness (QED) is 0.917. The number of rotatable bonds is 5. The van der Waals surface area contributed by atoms with E-state index < -0.39 is 5.97 Å². The molecule has 1 N–H and O–H groups in total. The van der Waals surface area contributed by atoms with Crippen LogP contribution in [0.1, 0.15) is 22.5 Å². The van der Waals surface area contributed by atoms with Crippen molar-refractivity contribution in [1.82, 2.24) is 9.78 Å². The molecule has 1 aliphatic rings. The lowest BCUT2D eigenvalue weighted by Crippen LogP contribution is -2.11. The molecular formula is C17H20N2O4. The Morgan fingerprint density at radius 1 is 1.43 bits per heavy atom. The number of carbonyl (C=O) groups is 1. The van der Waals surface area contributed by atoms with Gasteiger partial charge in [0.25, 0.3) is 0 Å². The second-order valence-electron chi connectivity index (χ2n) is 5.82. The Morgan fingerprint density at radius 3 is 2.74 bits per heavy atom. The molecule has 0 spiro atoms. The first-order chi connectivity index (χ1) is 11.1. The van der Waals surface area contributed by atoms with E-state index in [4.69, 9.17) is 14.6 Å². The predicted octanol–water partition coefficient (Wildman–Crippen LogP) is 2.51. The average Bonchev–Trinajstić information content (AvgIpc) is 3.14. The number of aryl methyl sites for hydroxylation is 1. The third-order valence-corrected chi connectivity index (χ3v) is 4.12. The number of aromatic nitrogens is 2. The molecule has 1 aromatic heterocycles. The van der Waals surface area contributed by atoms with Crippen LogP contribution in [0.25, 0.3) is 11.3 Å². The SMILES string of the molecule is Cc1c(C(=O)O)nn(C)c1-c1ccc(OCC2CCOC2)cc1. The van der Waals surface area contributed by atoms with Crippen LogP contribution in [0, 0.1) is 12.8 Å². The number of carboxylic acid groups (broad SMARTS) is 1. The normalized spacial score (nSPS) is 17.4. The van der Waals surface area contributed by atoms with Crippen LogP contribution >= 0.6 is 0 Å². The van der Waals surface area contributed by atoms with Gasteiger partial charge in [0.05, 0.1) is 18.9 Å². The van der Waals surface area contributed by atoms with Gasteiger partial charge >= 0.3 is 5.97 Å². The lowest BCUT2D eigenvalue weighted by atomic mass is 10.1. The number of benzene rings is 1. The molecule has 0 radical (unpaired) electrons. The molecule has 1 aliphatic heterocycles. The topological polar surface area (TPSA) is 73.6 Å². The van der Waals surface area contributed by atoms with Crippen LogP contribution in [-0.2, 0) is 11.8 Å². The van der Waals surface area contributed by atoms with Crippen molar-refractivity contribution in [2.24, 2.45) is 13.0 Å². The highest BCUT2D eigenvalue weighted by molar-refractivity contribution is 5.89. The molecular weight excluding hydrogens is 296 g/mol. The van der Waals surface area contributed by atoms with Gasteiger partial charge in [-0.15, -0.1) is 0 Å². The second kappa shape index (κ2) is 6.42. The molecule has 1 fully saturated rings. The zero-order valence-corrected chi connectivity index (χ0v) is 13.3. The van der Waals surface area contributed by atoms with E-state index in [-0.39, 0.29) is 5.69 Å². The summed E-state index contributed by atoms with van der Waals surface area (Å²) in [6.45, 7) is 4.02. The lowest BCUT2D eigenvalue weighted by Gasteiger charge is -2.11. The van der Waals surface area contributed by atoms with Crippen molar-refractivity contribution in [2.75, 3.05) is 19.8 Å². The first-order valence-electron chi connectivity index (χ1n) is 7.64. The second-order valence-corrected chi connectivity index (χ2v) is 5.82. The number of aromatic carboxylic acids is 1. The van der Waals surface area contributed by atoms with E-state index in [1.165, 1.54) is 0 Å². The minimum absolute atomic E-state index is 0.0871. The maximum absolute atomic E-state index is 11.2. The van der Waals surface area contributed by atoms with Gasteiger partial charge in [-0.3, -0.25) is 4.68 Å². The van der Waals surface area contributed by atoms with E-state index in [9.17, 15) is 4.79 Å². The fourth-order valence-electron chi connectivity index (χ4n) is 2.87. The Balaban J connectivity index is 1.75. The largest absolute Gasteiger partial charge is 0.493 e. The minimum Gasteiger partial charge on any atom is -0.493 e. The van der Waals surface area contributed by atoms with Gasteiger partial charge in [-0.25, -0.2) is 4.79 Å². The molecule has 1 atom stereocenters. The molecule has 1 unspecified atom stereocenters. The highest BCUT2D eigenvalue weighted by Gasteiger charge is 2.19. The van der Waals surface area contributed by atoms with E-state index in [2.05, 4.69) is 5.10 Å². The fourth-order valence-corrected chi connectivity index (χ4v) is 2.87. The molecule has 122 valence electrons. The monoisotopic (exact) mass is 316 g/mol. The van der Waals surface area contributed by atoms with Crippen molar-refractivity contribution in [2.45, 2.75) is 13.3 Å². The summed E-state index contributed by atoms with van der Waals surface area (Å²) in [5.74, 6) is 0.258. The van der Waals surface area contributed by atoms with E-state index in [1.54, 1.807) is 18.7 Å². The molecule has 3 rings (SSSR count). The summed E-state index contributed by atoms with van der Waals surface area (Å²) in [6.07, 6.45) is 1.05. The fraction of sp³-hybridized carbons (Fsp3) is 0.412. The Hall–Kier alpha value is -2.34. The molecule has 2 heterocycles. The Bertz CT molecular complexity index is 700. The van der Waals surface area contributed by atoms with Gasteiger partial charge in [0.15, 0.2) is 5.69 Å². The van der Waals surface area contributed by atoms with Crippen molar-refractivity contribution in [3.63, 3.8) is 0 Å². The smallest absolute Gasteiger partial charge is 0.356 e. The van der Waals surface area contributed by atoms with Gasteiger partial charge in [0.2, 0.25) is 0 Å². The van der Waals surface area contributed by atoms with E-state index in [1.807, 2.05) is 24.3 Å². The zero-order valence-electron chi connectivity index (χ0n) is 13.3. The summed E-state index contributed by atoms with van der Waals surface area (Å²) in [7, 11) is 1.75. The van der Waals surface area contributed by atoms with Crippen molar-refractivity contribution >= 4 is 5.97 Å². The van der Waals surface area contributed by atoms with Crippen LogP contribution in [0.5, 0.6) is 5.75 Å². The number of carboxylic acids is 1. The molecule has 0 bridgehead atoms. The number of hydrogen-bond acceptors (Lipinski definition) is 4. The van der Waals surface area contributed by atoms with E-state index >= 15 is 0 Å². The van der Waals surface area contributed by atoms with Crippen molar-refractivity contribution in [3.05, 3.63) is 35.5 Å². The summed E-state index contributed by atoms with van der Waals surface area (Å²) in [4.78, 5) is 11.2. The number of ether oxygens (including phenoxy) is 2. The molecule has 6 heteroatoms. The van der Waals surface area contributed by atoms with Gasteiger partial charge in [-0.1, -0.05) is 0 Å². The maximum Gasteiger partial charge on any atom is 0.356 e. The molecule has 0 saturated carbocycles. The van der Waals surface area contributed by atoms with Crippen molar-refractivity contribution < 1.29 is 19.4 Å². The maximum atomic E-state index is 11.2. The molecule has 0 amide bonds. The molecule has 23 heavy (non-hydrogen) atoms. The van der Waals surface area contributed by atoms with Gasteiger partial charge in [-0.05, 0) is 37.6 Å². The highest BCUT2D eigenvalue weighted by Crippen LogP contribution is 2.27. The summed E-state index contributed by atoms with van der Waals surface area (Å²) < 4.78 is 12.7. The Labute approximate surface area is 134 Å². The summed E-state index contributed by atoms with van der Waals surface area (Å²) in [5.41, 5.74) is 2.47. The molecule has 1 aromatic carbocycles. The average molecular weight is 316 g/mol. The first kappa shape index (κ1) is 15.6. The molecule has 2 aromatic rings. The van der Waals surface area contributed by atoms with Crippen LogP contribution < -0.4 is 4.74 Å². The summed E-state index contributed by atoms with van der Waals surface area (Å²) >= 11 is 0. The van der Waals surface area contributed by atoms with Crippen LogP contribution in [0.15, 0.2) is 24.3 Å². The first-order valence-corrected chi connectivity index (χ1v) is 7.64. The predicted molar refractivity (Wildman–Crippen MR) is 84.8 cm³/mol. The standard InChI is InChI=1S/C17H20N2O4/c1-11-15(17(20)21)18-19(2)16(11)13-3-5-14(6-4-13)23-10-12-7-8-22-9-12/h3-6,12H,7-10H2,1-2H3,(H,20,21). The van der Waals surface area contributed by atoms with Crippen LogP contribution in [0.3, 0.4) is 0 Å². The van der Waals surface area contributed by atoms with Crippen molar-refractivity contribution in [1.29, 1.82) is 0 Å². The third-order valence-electron chi connectivity index (χ3n) is 4.12. The Morgan fingerprint density at radius 2 is 2.17 bits per heavy atom. The van der Waals surface area contributed by atoms with E-state index in [0.29, 0.717) is 18.1 Å². The zero-order chi connectivity index (χ0) is 16.4. The van der Waals surface area contributed by atoms with Crippen LogP contribution in [-0.4, -0.2) is 40.7 Å². The molecule has 0 aliphatic carbocycles. The van der Waals surface area contributed by atoms with Gasteiger partial charge in [0, 0.05) is 30.7 Å². The van der Waals surface area contributed by atoms with E-state index in [0.717, 1.165) is 36.6 Å². The molecule has 6 nitrogen and oxygen atoms in total. The van der Waals surface area contributed by atoms with Gasteiger partial charge in [-0.2, -0.15) is 5.10 Å². The van der Waals surface area contributed by atoms with Crippen molar-refractivity contribution in [3.8, 4) is 17.0 Å². The van der Waals surface area contributed by atoms with Gasteiger partial charge < -0.3 is 14.6 Å². The summed E-state index contributed by atoms with van der Waals surface area (Å²) in [6, 6.07) is 7.66. The number of hydrogen-bond donors (Lipinski definition) is 1. The summed E-state index contributed by atoms with van der Waals surface area (Å²) in [5, 5.41) is 13.2.